The molecule has 0 radical (unpaired) electrons. The molecule has 0 N–H and O–H groups in total. The standard InChI is InChI=1S/C46H27N5S/c47-26-35-10-8-33(24-37(35)28-49)30-12-18-39(19-13-30)51(40-20-14-31(15-21-40)34-9-11-36(27-48)38(25-34)29-50)41-22-16-32(17-23-41)42-5-3-6-44-43-4-1-2-7-45(43)52-46(42)44/h1-20,22-25,40H,21H2. The second-order valence-electron chi connectivity index (χ2n) is 12.5. The first kappa shape index (κ1) is 32.0. The topological polar surface area (TPSA) is 98.4 Å². The minimum atomic E-state index is 0.000370. The van der Waals surface area contributed by atoms with E-state index in [0.717, 1.165) is 45.6 Å². The highest BCUT2D eigenvalue weighted by molar-refractivity contribution is 7.26. The first-order valence-electron chi connectivity index (χ1n) is 16.8. The highest BCUT2D eigenvalue weighted by atomic mass is 32.1. The number of hydrogen-bond donors (Lipinski definition) is 0. The van der Waals surface area contributed by atoms with Crippen LogP contribution in [0.1, 0.15) is 34.2 Å². The van der Waals surface area contributed by atoms with Crippen LogP contribution in [0.4, 0.5) is 11.4 Å². The van der Waals surface area contributed by atoms with Gasteiger partial charge < -0.3 is 4.90 Å². The molecular weight excluding hydrogens is 655 g/mol. The summed E-state index contributed by atoms with van der Waals surface area (Å²) in [6.07, 6.45) is 7.19. The smallest absolute Gasteiger partial charge is 0.101 e. The summed E-state index contributed by atoms with van der Waals surface area (Å²) in [5, 5.41) is 40.5. The van der Waals surface area contributed by atoms with Gasteiger partial charge in [0, 0.05) is 31.5 Å². The van der Waals surface area contributed by atoms with Gasteiger partial charge in [-0.2, -0.15) is 21.0 Å². The number of nitriles is 4. The molecule has 1 aromatic heterocycles. The molecule has 0 bridgehead atoms. The minimum absolute atomic E-state index is 0.000370. The summed E-state index contributed by atoms with van der Waals surface area (Å²) in [4.78, 5) is 2.33. The van der Waals surface area contributed by atoms with Crippen molar-refractivity contribution in [3.8, 4) is 46.5 Å². The molecule has 1 aliphatic rings. The summed E-state index contributed by atoms with van der Waals surface area (Å²) in [7, 11) is 0. The van der Waals surface area contributed by atoms with Crippen LogP contribution < -0.4 is 4.90 Å². The largest absolute Gasteiger partial charge is 0.334 e. The van der Waals surface area contributed by atoms with Gasteiger partial charge in [-0.3, -0.25) is 0 Å². The van der Waals surface area contributed by atoms with Crippen molar-refractivity contribution in [2.45, 2.75) is 12.5 Å². The fourth-order valence-corrected chi connectivity index (χ4v) is 8.20. The van der Waals surface area contributed by atoms with Gasteiger partial charge in [0.05, 0.1) is 28.3 Å². The van der Waals surface area contributed by atoms with Crippen LogP contribution in [0.25, 0.3) is 48.0 Å². The average Bonchev–Trinajstić information content (AvgIpc) is 3.60. The molecule has 8 rings (SSSR count). The summed E-state index contributed by atoms with van der Waals surface area (Å²) >= 11 is 1.83. The second kappa shape index (κ2) is 13.6. The van der Waals surface area contributed by atoms with Crippen molar-refractivity contribution < 1.29 is 0 Å². The van der Waals surface area contributed by atoms with Gasteiger partial charge in [-0.05, 0) is 94.4 Å². The molecule has 7 aromatic rings. The zero-order valence-electron chi connectivity index (χ0n) is 27.8. The zero-order valence-corrected chi connectivity index (χ0v) is 28.6. The van der Waals surface area contributed by atoms with Crippen molar-refractivity contribution in [2.24, 2.45) is 0 Å². The van der Waals surface area contributed by atoms with Crippen molar-refractivity contribution in [3.05, 3.63) is 173 Å². The molecule has 242 valence electrons. The highest BCUT2D eigenvalue weighted by Crippen LogP contribution is 2.41. The van der Waals surface area contributed by atoms with E-state index < -0.39 is 0 Å². The number of thiophene rings is 1. The van der Waals surface area contributed by atoms with Gasteiger partial charge in [-0.15, -0.1) is 11.3 Å². The predicted molar refractivity (Wildman–Crippen MR) is 210 cm³/mol. The average molecular weight is 682 g/mol. The lowest BCUT2D eigenvalue weighted by Gasteiger charge is -2.33. The Kier molecular flexibility index (Phi) is 8.37. The molecule has 1 heterocycles. The highest BCUT2D eigenvalue weighted by Gasteiger charge is 2.22. The van der Waals surface area contributed by atoms with E-state index in [2.05, 4.69) is 138 Å². The summed E-state index contributed by atoms with van der Waals surface area (Å²) in [6, 6.07) is 51.3. The Balaban J connectivity index is 1.16. The molecule has 6 heteroatoms. The summed E-state index contributed by atoms with van der Waals surface area (Å²) < 4.78 is 2.56. The van der Waals surface area contributed by atoms with E-state index in [4.69, 9.17) is 0 Å². The quantitative estimate of drug-likeness (QED) is 0.174. The zero-order chi connectivity index (χ0) is 35.6. The van der Waals surface area contributed by atoms with Gasteiger partial charge in [0.2, 0.25) is 0 Å². The van der Waals surface area contributed by atoms with Crippen LogP contribution in [0.3, 0.4) is 0 Å². The van der Waals surface area contributed by atoms with Gasteiger partial charge in [0.25, 0.3) is 0 Å². The van der Waals surface area contributed by atoms with E-state index in [1.165, 1.54) is 25.7 Å². The van der Waals surface area contributed by atoms with Crippen LogP contribution in [0.5, 0.6) is 0 Å². The normalized spacial score (nSPS) is 13.5. The number of allylic oxidation sites excluding steroid dienone is 2. The van der Waals surface area contributed by atoms with Crippen molar-refractivity contribution in [2.75, 3.05) is 4.90 Å². The van der Waals surface area contributed by atoms with Crippen molar-refractivity contribution in [1.29, 1.82) is 21.0 Å². The fourth-order valence-electron chi connectivity index (χ4n) is 6.96. The van der Waals surface area contributed by atoms with E-state index in [9.17, 15) is 21.0 Å². The molecule has 0 saturated heterocycles. The number of benzene rings is 6. The maximum atomic E-state index is 9.59. The van der Waals surface area contributed by atoms with E-state index in [0.29, 0.717) is 22.3 Å². The van der Waals surface area contributed by atoms with Crippen LogP contribution in [0.15, 0.2) is 146 Å². The minimum Gasteiger partial charge on any atom is -0.334 e. The Hall–Kier alpha value is -7.22. The van der Waals surface area contributed by atoms with E-state index >= 15 is 0 Å². The van der Waals surface area contributed by atoms with Crippen LogP contribution in [0.2, 0.25) is 0 Å². The van der Waals surface area contributed by atoms with Crippen LogP contribution in [-0.4, -0.2) is 6.04 Å². The molecule has 0 spiro atoms. The number of anilines is 2. The monoisotopic (exact) mass is 681 g/mol. The predicted octanol–water partition coefficient (Wildman–Crippen LogP) is 11.4. The SMILES string of the molecule is N#Cc1ccc(C2=CCC(N(c3ccc(-c4ccc(C#N)c(C#N)c4)cc3)c3ccc(-c4cccc5c4sc4ccccc45)cc3)C=C2)cc1C#N. The Morgan fingerprint density at radius 2 is 1.12 bits per heavy atom. The van der Waals surface area contributed by atoms with Gasteiger partial charge in [0.15, 0.2) is 0 Å². The third-order valence-electron chi connectivity index (χ3n) is 9.60. The summed E-state index contributed by atoms with van der Waals surface area (Å²) in [5.74, 6) is 0. The number of fused-ring (bicyclic) bond motifs is 3. The van der Waals surface area contributed by atoms with Crippen molar-refractivity contribution >= 4 is 48.5 Å². The van der Waals surface area contributed by atoms with Crippen LogP contribution in [-0.2, 0) is 0 Å². The van der Waals surface area contributed by atoms with E-state index in [-0.39, 0.29) is 6.04 Å². The first-order valence-corrected chi connectivity index (χ1v) is 17.6. The number of hydrogen-bond acceptors (Lipinski definition) is 6. The molecule has 6 aromatic carbocycles. The molecule has 0 fully saturated rings. The molecule has 0 aliphatic heterocycles. The third-order valence-corrected chi connectivity index (χ3v) is 10.8. The molecule has 1 aliphatic carbocycles. The lowest BCUT2D eigenvalue weighted by Crippen LogP contribution is -2.30. The van der Waals surface area contributed by atoms with Crippen molar-refractivity contribution in [3.63, 3.8) is 0 Å². The van der Waals surface area contributed by atoms with E-state index in [1.807, 2.05) is 23.5 Å². The third kappa shape index (κ3) is 5.77. The van der Waals surface area contributed by atoms with Gasteiger partial charge in [-0.25, -0.2) is 0 Å². The Morgan fingerprint density at radius 3 is 1.75 bits per heavy atom. The van der Waals surface area contributed by atoms with Gasteiger partial charge >= 0.3 is 0 Å². The number of rotatable bonds is 6. The Morgan fingerprint density at radius 1 is 0.538 bits per heavy atom. The molecule has 1 atom stereocenters. The molecule has 5 nitrogen and oxygen atoms in total. The molecule has 0 saturated carbocycles. The van der Waals surface area contributed by atoms with Gasteiger partial charge in [0.1, 0.15) is 24.3 Å². The molecule has 52 heavy (non-hydrogen) atoms. The van der Waals surface area contributed by atoms with E-state index in [1.54, 1.807) is 24.3 Å². The fraction of sp³-hybridized carbons (Fsp3) is 0.0435. The lowest BCUT2D eigenvalue weighted by atomic mass is 9.93. The van der Waals surface area contributed by atoms with Gasteiger partial charge in [-0.1, -0.05) is 91.0 Å². The second-order valence-corrected chi connectivity index (χ2v) is 13.6. The molecule has 1 unspecified atom stereocenters. The van der Waals surface area contributed by atoms with Crippen LogP contribution >= 0.6 is 11.3 Å². The summed E-state index contributed by atoms with van der Waals surface area (Å²) in [6.45, 7) is 0. The maximum Gasteiger partial charge on any atom is 0.101 e. The number of nitrogens with zero attached hydrogens (tertiary/aromatic N) is 5. The lowest BCUT2D eigenvalue weighted by molar-refractivity contribution is 0.787. The Bertz CT molecular complexity index is 2760. The van der Waals surface area contributed by atoms with Crippen LogP contribution in [0, 0.1) is 45.3 Å². The first-order chi connectivity index (χ1) is 25.6. The molecule has 0 amide bonds. The van der Waals surface area contributed by atoms with Crippen molar-refractivity contribution in [1.82, 2.24) is 0 Å². The maximum absolute atomic E-state index is 9.59. The molecular formula is C46H27N5S. The summed E-state index contributed by atoms with van der Waals surface area (Å²) in [5.41, 5.74) is 9.61. The Labute approximate surface area is 305 Å².